The van der Waals surface area contributed by atoms with Gasteiger partial charge in [-0.25, -0.2) is 9.97 Å². The number of pyridine rings is 2. The lowest BCUT2D eigenvalue weighted by molar-refractivity contribution is -0.119. The lowest BCUT2D eigenvalue weighted by atomic mass is 9.98. The normalized spacial score (nSPS) is 15.6. The van der Waals surface area contributed by atoms with E-state index in [2.05, 4.69) is 16.5 Å². The van der Waals surface area contributed by atoms with Crippen LogP contribution in [0.15, 0.2) is 60.7 Å². The first kappa shape index (κ1) is 19.0. The topological polar surface area (TPSA) is 63.2 Å². The standard InChI is InChI=1S/C24H23N3O2/c1-15(2)8-12-18(28)14-21-19-6-4-5-7-20(19)24(29)27(21)22-13-11-17-10-9-16(3)25-23(17)26-22/h4-7,9-11,13,21H,1,8,12,14H2,2-3H3. The van der Waals surface area contributed by atoms with E-state index in [4.69, 9.17) is 0 Å². The molecular formula is C24H23N3O2. The van der Waals surface area contributed by atoms with Gasteiger partial charge in [-0.3, -0.25) is 14.5 Å². The summed E-state index contributed by atoms with van der Waals surface area (Å²) in [6.45, 7) is 7.70. The quantitative estimate of drug-likeness (QED) is 0.563. The van der Waals surface area contributed by atoms with Gasteiger partial charge in [-0.1, -0.05) is 23.8 Å². The van der Waals surface area contributed by atoms with Crippen LogP contribution in [0.3, 0.4) is 0 Å². The summed E-state index contributed by atoms with van der Waals surface area (Å²) in [4.78, 5) is 36.6. The molecule has 0 N–H and O–H groups in total. The fourth-order valence-corrected chi connectivity index (χ4v) is 3.75. The van der Waals surface area contributed by atoms with Crippen molar-refractivity contribution >= 4 is 28.5 Å². The van der Waals surface area contributed by atoms with E-state index >= 15 is 0 Å². The lowest BCUT2D eigenvalue weighted by Gasteiger charge is -2.24. The zero-order valence-electron chi connectivity index (χ0n) is 16.7. The van der Waals surface area contributed by atoms with Gasteiger partial charge in [-0.15, -0.1) is 6.58 Å². The van der Waals surface area contributed by atoms with Crippen molar-refractivity contribution in [1.82, 2.24) is 9.97 Å². The number of hydrogen-bond donors (Lipinski definition) is 0. The Morgan fingerprint density at radius 1 is 1.07 bits per heavy atom. The highest BCUT2D eigenvalue weighted by atomic mass is 16.2. The van der Waals surface area contributed by atoms with E-state index in [0.29, 0.717) is 29.9 Å². The second-order valence-electron chi connectivity index (χ2n) is 7.65. The molecule has 1 aliphatic rings. The molecule has 1 atom stereocenters. The van der Waals surface area contributed by atoms with Gasteiger partial charge in [0.2, 0.25) is 0 Å². The second kappa shape index (κ2) is 7.59. The van der Waals surface area contributed by atoms with E-state index in [1.54, 1.807) is 4.90 Å². The highest BCUT2D eigenvalue weighted by Gasteiger charge is 2.39. The van der Waals surface area contributed by atoms with Crippen LogP contribution in [0.5, 0.6) is 0 Å². The minimum Gasteiger partial charge on any atom is -0.300 e. The summed E-state index contributed by atoms with van der Waals surface area (Å²) in [6.07, 6.45) is 1.36. The summed E-state index contributed by atoms with van der Waals surface area (Å²) in [5.74, 6) is 0.509. The number of ketones is 1. The molecule has 5 heteroatoms. The average Bonchev–Trinajstić information content (AvgIpc) is 2.98. The molecule has 29 heavy (non-hydrogen) atoms. The van der Waals surface area contributed by atoms with E-state index in [1.165, 1.54) is 0 Å². The maximum atomic E-state index is 13.2. The number of allylic oxidation sites excluding steroid dienone is 1. The van der Waals surface area contributed by atoms with Crippen LogP contribution < -0.4 is 4.90 Å². The Labute approximate surface area is 170 Å². The first-order valence-electron chi connectivity index (χ1n) is 9.77. The van der Waals surface area contributed by atoms with E-state index < -0.39 is 0 Å². The Kier molecular flexibility index (Phi) is 4.97. The molecule has 0 bridgehead atoms. The van der Waals surface area contributed by atoms with Gasteiger partial charge in [0.25, 0.3) is 5.91 Å². The summed E-state index contributed by atoms with van der Waals surface area (Å²) < 4.78 is 0. The van der Waals surface area contributed by atoms with Crippen LogP contribution in [0, 0.1) is 6.92 Å². The van der Waals surface area contributed by atoms with Gasteiger partial charge in [0.1, 0.15) is 11.6 Å². The van der Waals surface area contributed by atoms with Crippen LogP contribution in [-0.4, -0.2) is 21.7 Å². The fourth-order valence-electron chi connectivity index (χ4n) is 3.75. The molecule has 0 fully saturated rings. The number of benzene rings is 1. The van der Waals surface area contributed by atoms with Crippen molar-refractivity contribution < 1.29 is 9.59 Å². The summed E-state index contributed by atoms with van der Waals surface area (Å²) in [5.41, 5.74) is 3.95. The predicted octanol–water partition coefficient (Wildman–Crippen LogP) is 4.96. The smallest absolute Gasteiger partial charge is 0.260 e. The van der Waals surface area contributed by atoms with Crippen molar-refractivity contribution in [1.29, 1.82) is 0 Å². The number of carbonyl (C=O) groups is 2. The summed E-state index contributed by atoms with van der Waals surface area (Å²) >= 11 is 0. The number of nitrogens with zero attached hydrogens (tertiary/aromatic N) is 3. The first-order valence-corrected chi connectivity index (χ1v) is 9.77. The molecule has 3 heterocycles. The van der Waals surface area contributed by atoms with Gasteiger partial charge in [-0.05, 0) is 56.2 Å². The molecule has 0 saturated heterocycles. The second-order valence-corrected chi connectivity index (χ2v) is 7.65. The molecule has 2 aromatic heterocycles. The number of Topliss-reactive ketones (excluding diaryl/α,β-unsaturated/α-hetero) is 1. The van der Waals surface area contributed by atoms with Crippen LogP contribution in [-0.2, 0) is 4.79 Å². The Bertz CT molecular complexity index is 1140. The van der Waals surface area contributed by atoms with E-state index in [1.807, 2.05) is 62.4 Å². The summed E-state index contributed by atoms with van der Waals surface area (Å²) in [7, 11) is 0. The van der Waals surface area contributed by atoms with Crippen LogP contribution >= 0.6 is 0 Å². The average molecular weight is 385 g/mol. The first-order chi connectivity index (χ1) is 13.9. The van der Waals surface area contributed by atoms with Crippen molar-refractivity contribution in [2.24, 2.45) is 0 Å². The third kappa shape index (κ3) is 3.68. The van der Waals surface area contributed by atoms with Crippen LogP contribution in [0.1, 0.15) is 53.8 Å². The molecule has 5 nitrogen and oxygen atoms in total. The van der Waals surface area contributed by atoms with Crippen LogP contribution in [0.2, 0.25) is 0 Å². The number of carbonyl (C=O) groups excluding carboxylic acids is 2. The largest absolute Gasteiger partial charge is 0.300 e. The molecule has 3 aromatic rings. The summed E-state index contributed by atoms with van der Waals surface area (Å²) in [5, 5.41) is 0.914. The van der Waals surface area contributed by atoms with Crippen molar-refractivity contribution in [2.45, 2.75) is 39.2 Å². The van der Waals surface area contributed by atoms with Crippen LogP contribution in [0.25, 0.3) is 11.0 Å². The Morgan fingerprint density at radius 2 is 1.83 bits per heavy atom. The zero-order chi connectivity index (χ0) is 20.5. The molecule has 0 spiro atoms. The van der Waals surface area contributed by atoms with Crippen molar-refractivity contribution in [3.05, 3.63) is 77.5 Å². The third-order valence-corrected chi connectivity index (χ3v) is 5.26. The molecule has 146 valence electrons. The number of rotatable bonds is 6. The van der Waals surface area contributed by atoms with Gasteiger partial charge in [0.15, 0.2) is 5.65 Å². The number of hydrogen-bond acceptors (Lipinski definition) is 4. The third-order valence-electron chi connectivity index (χ3n) is 5.26. The van der Waals surface area contributed by atoms with Crippen molar-refractivity contribution in [2.75, 3.05) is 4.90 Å². The molecule has 1 aliphatic heterocycles. The van der Waals surface area contributed by atoms with Gasteiger partial charge >= 0.3 is 0 Å². The van der Waals surface area contributed by atoms with Crippen molar-refractivity contribution in [3.63, 3.8) is 0 Å². The van der Waals surface area contributed by atoms with Gasteiger partial charge in [0.05, 0.1) is 6.04 Å². The fraction of sp³-hybridized carbons (Fsp3) is 0.250. The SMILES string of the molecule is C=C(C)CCC(=O)CC1c2ccccc2C(=O)N1c1ccc2ccc(C)nc2n1. The Hall–Kier alpha value is -3.34. The number of aromatic nitrogens is 2. The Balaban J connectivity index is 1.73. The zero-order valence-corrected chi connectivity index (χ0v) is 16.7. The molecule has 1 amide bonds. The molecule has 1 unspecified atom stereocenters. The monoisotopic (exact) mass is 385 g/mol. The highest BCUT2D eigenvalue weighted by Crippen LogP contribution is 2.39. The van der Waals surface area contributed by atoms with Crippen LogP contribution in [0.4, 0.5) is 5.82 Å². The number of fused-ring (bicyclic) bond motifs is 2. The minimum absolute atomic E-state index is 0.113. The molecule has 4 rings (SSSR count). The minimum atomic E-state index is -0.355. The predicted molar refractivity (Wildman–Crippen MR) is 114 cm³/mol. The maximum Gasteiger partial charge on any atom is 0.260 e. The molecular weight excluding hydrogens is 362 g/mol. The molecule has 0 saturated carbocycles. The molecule has 1 aromatic carbocycles. The van der Waals surface area contributed by atoms with E-state index in [0.717, 1.165) is 22.2 Å². The number of anilines is 1. The summed E-state index contributed by atoms with van der Waals surface area (Å²) in [6, 6.07) is 14.8. The number of amides is 1. The molecule has 0 radical (unpaired) electrons. The van der Waals surface area contributed by atoms with E-state index in [9.17, 15) is 9.59 Å². The lowest BCUT2D eigenvalue weighted by Crippen LogP contribution is -2.30. The van der Waals surface area contributed by atoms with Gasteiger partial charge in [0, 0.05) is 29.5 Å². The Morgan fingerprint density at radius 3 is 2.62 bits per heavy atom. The van der Waals surface area contributed by atoms with Crippen molar-refractivity contribution in [3.8, 4) is 0 Å². The van der Waals surface area contributed by atoms with Gasteiger partial charge < -0.3 is 0 Å². The van der Waals surface area contributed by atoms with E-state index in [-0.39, 0.29) is 24.2 Å². The molecule has 0 aliphatic carbocycles. The number of aryl methyl sites for hydroxylation is 1. The highest BCUT2D eigenvalue weighted by molar-refractivity contribution is 6.11. The van der Waals surface area contributed by atoms with Gasteiger partial charge in [-0.2, -0.15) is 0 Å². The maximum absolute atomic E-state index is 13.2.